The van der Waals surface area contributed by atoms with Gasteiger partial charge in [0.15, 0.2) is 0 Å². The normalized spacial score (nSPS) is 12.8. The fourth-order valence-corrected chi connectivity index (χ4v) is 2.04. The van der Waals surface area contributed by atoms with Gasteiger partial charge in [-0.15, -0.1) is 0 Å². The van der Waals surface area contributed by atoms with Gasteiger partial charge in [-0.25, -0.2) is 0 Å². The van der Waals surface area contributed by atoms with Crippen molar-refractivity contribution in [1.82, 2.24) is 5.32 Å². The van der Waals surface area contributed by atoms with E-state index in [9.17, 15) is 0 Å². The summed E-state index contributed by atoms with van der Waals surface area (Å²) < 4.78 is 11.3. The molecule has 0 saturated carbocycles. The van der Waals surface area contributed by atoms with E-state index in [2.05, 4.69) is 57.3 Å². The summed E-state index contributed by atoms with van der Waals surface area (Å²) in [6.45, 7) is 12.3. The predicted molar refractivity (Wildman–Crippen MR) is 84.1 cm³/mol. The molecule has 1 aromatic carbocycles. The SMILES string of the molecule is CCNC(COCCOCC(C)C)c1cccc(C)c1. The van der Waals surface area contributed by atoms with E-state index in [0.717, 1.165) is 13.2 Å². The van der Waals surface area contributed by atoms with Gasteiger partial charge in [0.2, 0.25) is 0 Å². The maximum absolute atomic E-state index is 5.74. The molecule has 20 heavy (non-hydrogen) atoms. The number of hydrogen-bond acceptors (Lipinski definition) is 3. The standard InChI is InChI=1S/C17H29NO2/c1-5-18-17(16-8-6-7-15(4)11-16)13-20-10-9-19-12-14(2)3/h6-8,11,14,17-18H,5,9-10,12-13H2,1-4H3. The Morgan fingerprint density at radius 1 is 1.10 bits per heavy atom. The molecule has 114 valence electrons. The molecule has 3 nitrogen and oxygen atoms in total. The van der Waals surface area contributed by atoms with Crippen LogP contribution in [0, 0.1) is 12.8 Å². The van der Waals surface area contributed by atoms with E-state index < -0.39 is 0 Å². The number of likely N-dealkylation sites (N-methyl/N-ethyl adjacent to an activating group) is 1. The lowest BCUT2D eigenvalue weighted by Crippen LogP contribution is -2.26. The minimum atomic E-state index is 0.255. The third-order valence-corrected chi connectivity index (χ3v) is 3.00. The summed E-state index contributed by atoms with van der Waals surface area (Å²) in [5.41, 5.74) is 2.57. The fourth-order valence-electron chi connectivity index (χ4n) is 2.04. The van der Waals surface area contributed by atoms with Crippen molar-refractivity contribution in [2.75, 3.05) is 33.0 Å². The van der Waals surface area contributed by atoms with Crippen LogP contribution in [0.1, 0.15) is 37.9 Å². The topological polar surface area (TPSA) is 30.5 Å². The molecule has 0 aliphatic rings. The summed E-state index contributed by atoms with van der Waals surface area (Å²) in [5, 5.41) is 3.47. The average molecular weight is 279 g/mol. The Bertz CT molecular complexity index is 366. The van der Waals surface area contributed by atoms with Crippen LogP contribution in [0.5, 0.6) is 0 Å². The number of ether oxygens (including phenoxy) is 2. The van der Waals surface area contributed by atoms with Crippen LogP contribution < -0.4 is 5.32 Å². The van der Waals surface area contributed by atoms with Crippen LogP contribution >= 0.6 is 0 Å². The minimum absolute atomic E-state index is 0.255. The van der Waals surface area contributed by atoms with Gasteiger partial charge in [0.05, 0.1) is 25.9 Å². The molecule has 3 heteroatoms. The molecule has 1 atom stereocenters. The zero-order valence-electron chi connectivity index (χ0n) is 13.3. The number of nitrogens with one attached hydrogen (secondary N) is 1. The molecule has 1 rings (SSSR count). The summed E-state index contributed by atoms with van der Waals surface area (Å²) in [5.74, 6) is 0.580. The van der Waals surface area contributed by atoms with Crippen LogP contribution in [0.4, 0.5) is 0 Å². The van der Waals surface area contributed by atoms with Crippen molar-refractivity contribution in [2.24, 2.45) is 5.92 Å². The van der Waals surface area contributed by atoms with Crippen molar-refractivity contribution in [1.29, 1.82) is 0 Å². The molecule has 0 spiro atoms. The monoisotopic (exact) mass is 279 g/mol. The Hall–Kier alpha value is -0.900. The zero-order chi connectivity index (χ0) is 14.8. The molecular formula is C17H29NO2. The highest BCUT2D eigenvalue weighted by Gasteiger charge is 2.10. The second-order valence-corrected chi connectivity index (χ2v) is 5.57. The molecule has 0 fully saturated rings. The molecule has 0 amide bonds. The Labute approximate surface area is 123 Å². The number of hydrogen-bond donors (Lipinski definition) is 1. The molecule has 1 aromatic rings. The third-order valence-electron chi connectivity index (χ3n) is 3.00. The number of rotatable bonds is 10. The van der Waals surface area contributed by atoms with Gasteiger partial charge in [-0.05, 0) is 24.9 Å². The first-order chi connectivity index (χ1) is 9.63. The van der Waals surface area contributed by atoms with Crippen LogP contribution in [-0.4, -0.2) is 33.0 Å². The smallest absolute Gasteiger partial charge is 0.0701 e. The summed E-state index contributed by atoms with van der Waals surface area (Å²) >= 11 is 0. The summed E-state index contributed by atoms with van der Waals surface area (Å²) in [6, 6.07) is 8.84. The lowest BCUT2D eigenvalue weighted by molar-refractivity contribution is 0.0304. The van der Waals surface area contributed by atoms with Gasteiger partial charge >= 0.3 is 0 Å². The van der Waals surface area contributed by atoms with Gasteiger partial charge < -0.3 is 14.8 Å². The highest BCUT2D eigenvalue weighted by molar-refractivity contribution is 5.25. The molecule has 0 aliphatic carbocycles. The van der Waals surface area contributed by atoms with Gasteiger partial charge in [0.1, 0.15) is 0 Å². The van der Waals surface area contributed by atoms with E-state index in [1.807, 2.05) is 0 Å². The summed E-state index contributed by atoms with van der Waals surface area (Å²) in [4.78, 5) is 0. The minimum Gasteiger partial charge on any atom is -0.379 e. The van der Waals surface area contributed by atoms with Crippen LogP contribution in [0.25, 0.3) is 0 Å². The van der Waals surface area contributed by atoms with Gasteiger partial charge in [-0.1, -0.05) is 50.6 Å². The Morgan fingerprint density at radius 2 is 1.80 bits per heavy atom. The highest BCUT2D eigenvalue weighted by Crippen LogP contribution is 2.14. The Kier molecular flexibility index (Phi) is 8.51. The van der Waals surface area contributed by atoms with E-state index in [1.165, 1.54) is 11.1 Å². The van der Waals surface area contributed by atoms with Crippen molar-refractivity contribution in [2.45, 2.75) is 33.7 Å². The lowest BCUT2D eigenvalue weighted by Gasteiger charge is -2.19. The van der Waals surface area contributed by atoms with E-state index in [-0.39, 0.29) is 6.04 Å². The second kappa shape index (κ2) is 9.92. The van der Waals surface area contributed by atoms with Gasteiger partial charge in [0, 0.05) is 6.61 Å². The maximum Gasteiger partial charge on any atom is 0.0701 e. The molecule has 0 heterocycles. The molecule has 0 radical (unpaired) electrons. The second-order valence-electron chi connectivity index (χ2n) is 5.57. The van der Waals surface area contributed by atoms with Crippen molar-refractivity contribution >= 4 is 0 Å². The fraction of sp³-hybridized carbons (Fsp3) is 0.647. The predicted octanol–water partition coefficient (Wildman–Crippen LogP) is 3.33. The van der Waals surface area contributed by atoms with Crippen molar-refractivity contribution in [3.63, 3.8) is 0 Å². The van der Waals surface area contributed by atoms with Gasteiger partial charge in [-0.2, -0.15) is 0 Å². The van der Waals surface area contributed by atoms with Crippen molar-refractivity contribution in [3.8, 4) is 0 Å². The first kappa shape index (κ1) is 17.2. The molecule has 0 aromatic heterocycles. The summed E-state index contributed by atoms with van der Waals surface area (Å²) in [6.07, 6.45) is 0. The van der Waals surface area contributed by atoms with Gasteiger partial charge in [-0.3, -0.25) is 0 Å². The molecule has 1 N–H and O–H groups in total. The quantitative estimate of drug-likeness (QED) is 0.666. The van der Waals surface area contributed by atoms with E-state index >= 15 is 0 Å². The molecule has 0 aliphatic heterocycles. The number of aryl methyl sites for hydroxylation is 1. The van der Waals surface area contributed by atoms with Crippen LogP contribution in [-0.2, 0) is 9.47 Å². The van der Waals surface area contributed by atoms with Crippen molar-refractivity contribution in [3.05, 3.63) is 35.4 Å². The first-order valence-electron chi connectivity index (χ1n) is 7.59. The molecule has 0 saturated heterocycles. The first-order valence-corrected chi connectivity index (χ1v) is 7.59. The third kappa shape index (κ3) is 7.04. The Morgan fingerprint density at radius 3 is 2.40 bits per heavy atom. The van der Waals surface area contributed by atoms with Gasteiger partial charge in [0.25, 0.3) is 0 Å². The largest absolute Gasteiger partial charge is 0.379 e. The van der Waals surface area contributed by atoms with Crippen LogP contribution in [0.3, 0.4) is 0 Å². The van der Waals surface area contributed by atoms with E-state index in [4.69, 9.17) is 9.47 Å². The number of benzene rings is 1. The summed E-state index contributed by atoms with van der Waals surface area (Å²) in [7, 11) is 0. The van der Waals surface area contributed by atoms with E-state index in [0.29, 0.717) is 25.7 Å². The maximum atomic E-state index is 5.74. The average Bonchev–Trinajstić information content (AvgIpc) is 2.41. The van der Waals surface area contributed by atoms with Crippen LogP contribution in [0.2, 0.25) is 0 Å². The highest BCUT2D eigenvalue weighted by atomic mass is 16.5. The Balaban J connectivity index is 2.32. The van der Waals surface area contributed by atoms with E-state index in [1.54, 1.807) is 0 Å². The van der Waals surface area contributed by atoms with Crippen LogP contribution in [0.15, 0.2) is 24.3 Å². The molecule has 0 bridgehead atoms. The lowest BCUT2D eigenvalue weighted by atomic mass is 10.1. The zero-order valence-corrected chi connectivity index (χ0v) is 13.3. The molecular weight excluding hydrogens is 250 g/mol. The van der Waals surface area contributed by atoms with Crippen molar-refractivity contribution < 1.29 is 9.47 Å². The molecule has 1 unspecified atom stereocenters.